The summed E-state index contributed by atoms with van der Waals surface area (Å²) in [7, 11) is 1.84. The van der Waals surface area contributed by atoms with E-state index in [1.165, 1.54) is 30.0 Å². The van der Waals surface area contributed by atoms with E-state index in [0.717, 1.165) is 37.4 Å². The molecule has 0 saturated carbocycles. The molecule has 1 fully saturated rings. The lowest BCUT2D eigenvalue weighted by Gasteiger charge is -2.33. The van der Waals surface area contributed by atoms with Crippen molar-refractivity contribution in [2.75, 3.05) is 22.9 Å². The molecule has 2 N–H and O–H groups in total. The van der Waals surface area contributed by atoms with Gasteiger partial charge in [-0.15, -0.1) is 0 Å². The number of hydrogen-bond acceptors (Lipinski definition) is 6. The number of nitrogens with two attached hydrogens (primary N) is 1. The number of thioether (sulfide) groups is 1. The summed E-state index contributed by atoms with van der Waals surface area (Å²) in [5.74, 6) is -0.299. The van der Waals surface area contributed by atoms with E-state index in [9.17, 15) is 8.78 Å². The summed E-state index contributed by atoms with van der Waals surface area (Å²) in [6.07, 6.45) is 4.94. The zero-order valence-electron chi connectivity index (χ0n) is 15.3. The Morgan fingerprint density at radius 1 is 1.25 bits per heavy atom. The van der Waals surface area contributed by atoms with Crippen molar-refractivity contribution in [2.45, 2.75) is 18.2 Å². The number of nitriles is 1. The Balaban J connectivity index is 1.71. The van der Waals surface area contributed by atoms with Gasteiger partial charge < -0.3 is 15.5 Å². The smallest absolute Gasteiger partial charge is 0.150 e. The minimum absolute atomic E-state index is 0.0257. The molecule has 1 aromatic heterocycles. The van der Waals surface area contributed by atoms with Gasteiger partial charge in [0.15, 0.2) is 5.82 Å². The van der Waals surface area contributed by atoms with Gasteiger partial charge >= 0.3 is 0 Å². The Bertz CT molecular complexity index is 938. The third kappa shape index (κ3) is 3.18. The summed E-state index contributed by atoms with van der Waals surface area (Å²) < 4.78 is 30.7. The van der Waals surface area contributed by atoms with Gasteiger partial charge in [-0.1, -0.05) is 17.8 Å². The normalized spacial score (nSPS) is 20.4. The van der Waals surface area contributed by atoms with E-state index in [1.54, 1.807) is 22.0 Å². The molecule has 28 heavy (non-hydrogen) atoms. The Morgan fingerprint density at radius 2 is 1.93 bits per heavy atom. The topological polar surface area (TPSA) is 74.1 Å². The number of hydrogen-bond donors (Lipinski definition) is 1. The molecule has 3 heterocycles. The van der Waals surface area contributed by atoms with Gasteiger partial charge in [-0.2, -0.15) is 10.4 Å². The Labute approximate surface area is 166 Å². The number of nitrogens with zero attached hydrogens (tertiary/aromatic N) is 5. The van der Waals surface area contributed by atoms with Crippen LogP contribution in [0.5, 0.6) is 0 Å². The highest BCUT2D eigenvalue weighted by Gasteiger charge is 2.35. The first kappa shape index (κ1) is 18.6. The van der Waals surface area contributed by atoms with Crippen LogP contribution in [0.15, 0.2) is 35.6 Å². The highest BCUT2D eigenvalue weighted by atomic mass is 32.2. The standard InChI is InChI=1S/C19H20F2N6S/c1-25-18(26-7-5-12(9-22)6-8-26)15(10-24-25)27-11-16(23)28-19(27)17-13(20)3-2-4-14(17)21/h2-4,10-12,19H,5-8,23H2,1H3. The second kappa shape index (κ2) is 7.36. The second-order valence-electron chi connectivity index (χ2n) is 6.91. The van der Waals surface area contributed by atoms with Crippen molar-refractivity contribution in [3.63, 3.8) is 0 Å². The fourth-order valence-electron chi connectivity index (χ4n) is 3.75. The predicted octanol–water partition coefficient (Wildman–Crippen LogP) is 3.45. The lowest BCUT2D eigenvalue weighted by Crippen LogP contribution is -2.35. The maximum Gasteiger partial charge on any atom is 0.150 e. The maximum absolute atomic E-state index is 14.5. The molecule has 2 aromatic rings. The fraction of sp³-hybridized carbons (Fsp3) is 0.368. The van der Waals surface area contributed by atoms with E-state index < -0.39 is 17.0 Å². The van der Waals surface area contributed by atoms with Gasteiger partial charge in [0, 0.05) is 32.3 Å². The molecule has 4 rings (SSSR count). The minimum atomic E-state index is -0.652. The van der Waals surface area contributed by atoms with Crippen molar-refractivity contribution in [3.8, 4) is 6.07 Å². The van der Waals surface area contributed by atoms with E-state index >= 15 is 0 Å². The molecule has 1 atom stereocenters. The average molecular weight is 402 g/mol. The van der Waals surface area contributed by atoms with Gasteiger partial charge in [-0.25, -0.2) is 8.78 Å². The molecular weight excluding hydrogens is 382 g/mol. The second-order valence-corrected chi connectivity index (χ2v) is 8.07. The average Bonchev–Trinajstić information content (AvgIpc) is 3.24. The van der Waals surface area contributed by atoms with E-state index in [-0.39, 0.29) is 11.5 Å². The monoisotopic (exact) mass is 402 g/mol. The van der Waals surface area contributed by atoms with E-state index in [2.05, 4.69) is 16.1 Å². The van der Waals surface area contributed by atoms with Crippen molar-refractivity contribution in [1.82, 2.24) is 9.78 Å². The van der Waals surface area contributed by atoms with E-state index in [0.29, 0.717) is 5.03 Å². The number of benzene rings is 1. The van der Waals surface area contributed by atoms with Crippen LogP contribution in [0.1, 0.15) is 23.8 Å². The molecule has 9 heteroatoms. The third-order valence-electron chi connectivity index (χ3n) is 5.16. The maximum atomic E-state index is 14.5. The Hall–Kier alpha value is -2.73. The molecule has 0 spiro atoms. The van der Waals surface area contributed by atoms with Crippen molar-refractivity contribution >= 4 is 23.3 Å². The molecule has 0 aliphatic carbocycles. The molecule has 146 valence electrons. The molecule has 1 aromatic carbocycles. The summed E-state index contributed by atoms with van der Waals surface area (Å²) in [4.78, 5) is 3.94. The van der Waals surface area contributed by atoms with Crippen molar-refractivity contribution in [1.29, 1.82) is 5.26 Å². The summed E-state index contributed by atoms with van der Waals surface area (Å²) >= 11 is 1.20. The molecule has 1 unspecified atom stereocenters. The highest BCUT2D eigenvalue weighted by molar-refractivity contribution is 8.03. The quantitative estimate of drug-likeness (QED) is 0.848. The first-order chi connectivity index (χ1) is 13.5. The zero-order chi connectivity index (χ0) is 19.8. The lowest BCUT2D eigenvalue weighted by atomic mass is 9.98. The lowest BCUT2D eigenvalue weighted by molar-refractivity contribution is 0.480. The first-order valence-corrected chi connectivity index (χ1v) is 9.90. The molecule has 6 nitrogen and oxygen atoms in total. The van der Waals surface area contributed by atoms with Gasteiger partial charge in [0.25, 0.3) is 0 Å². The first-order valence-electron chi connectivity index (χ1n) is 9.02. The largest absolute Gasteiger partial charge is 0.392 e. The van der Waals surface area contributed by atoms with Crippen LogP contribution in [0, 0.1) is 28.9 Å². The summed E-state index contributed by atoms with van der Waals surface area (Å²) in [5.41, 5.74) is 6.73. The summed E-state index contributed by atoms with van der Waals surface area (Å²) in [5, 5.41) is 13.3. The fourth-order valence-corrected chi connectivity index (χ4v) is 4.81. The van der Waals surface area contributed by atoms with Crippen molar-refractivity contribution in [3.05, 3.63) is 52.8 Å². The van der Waals surface area contributed by atoms with Crippen LogP contribution in [-0.4, -0.2) is 22.9 Å². The Morgan fingerprint density at radius 3 is 2.57 bits per heavy atom. The molecule has 0 amide bonds. The molecule has 1 saturated heterocycles. The van der Waals surface area contributed by atoms with Crippen LogP contribution >= 0.6 is 11.8 Å². The van der Waals surface area contributed by atoms with E-state index in [4.69, 9.17) is 11.0 Å². The van der Waals surface area contributed by atoms with Crippen LogP contribution in [0.2, 0.25) is 0 Å². The van der Waals surface area contributed by atoms with E-state index in [1.807, 2.05) is 7.05 Å². The van der Waals surface area contributed by atoms with Gasteiger partial charge in [0.1, 0.15) is 22.7 Å². The number of piperidine rings is 1. The van der Waals surface area contributed by atoms with Crippen LogP contribution in [-0.2, 0) is 7.05 Å². The molecule has 2 aliphatic rings. The summed E-state index contributed by atoms with van der Waals surface area (Å²) in [6.45, 7) is 1.45. The van der Waals surface area contributed by atoms with Crippen LogP contribution in [0.3, 0.4) is 0 Å². The Kier molecular flexibility index (Phi) is 4.89. The molecule has 0 radical (unpaired) electrons. The SMILES string of the molecule is Cn1ncc(N2C=C(N)SC2c2c(F)cccc2F)c1N1CCC(C#N)CC1. The summed E-state index contributed by atoms with van der Waals surface area (Å²) in [6, 6.07) is 6.18. The van der Waals surface area contributed by atoms with Crippen LogP contribution < -0.4 is 15.5 Å². The number of aromatic nitrogens is 2. The molecular formula is C19H20F2N6S. The van der Waals surface area contributed by atoms with Gasteiger partial charge in [-0.05, 0) is 25.0 Å². The van der Waals surface area contributed by atoms with Gasteiger partial charge in [0.2, 0.25) is 0 Å². The third-order valence-corrected chi connectivity index (χ3v) is 6.22. The minimum Gasteiger partial charge on any atom is -0.392 e. The van der Waals surface area contributed by atoms with Crippen molar-refractivity contribution < 1.29 is 8.78 Å². The van der Waals surface area contributed by atoms with Crippen molar-refractivity contribution in [2.24, 2.45) is 18.7 Å². The number of anilines is 2. The molecule has 2 aliphatic heterocycles. The zero-order valence-corrected chi connectivity index (χ0v) is 16.2. The number of rotatable bonds is 3. The van der Waals surface area contributed by atoms with Crippen LogP contribution in [0.25, 0.3) is 0 Å². The molecule has 0 bridgehead atoms. The van der Waals surface area contributed by atoms with Crippen LogP contribution in [0.4, 0.5) is 20.3 Å². The number of halogens is 2. The van der Waals surface area contributed by atoms with Gasteiger partial charge in [0.05, 0.1) is 22.9 Å². The highest BCUT2D eigenvalue weighted by Crippen LogP contribution is 2.48. The van der Waals surface area contributed by atoms with Gasteiger partial charge in [-0.3, -0.25) is 4.68 Å². The predicted molar refractivity (Wildman–Crippen MR) is 105 cm³/mol. The number of aryl methyl sites for hydroxylation is 1.